The molecule has 1 saturated carbocycles. The molecule has 1 N–H and O–H groups in total. The van der Waals surface area contributed by atoms with Crippen molar-refractivity contribution < 1.29 is 4.79 Å². The van der Waals surface area contributed by atoms with Gasteiger partial charge < -0.3 is 5.32 Å². The van der Waals surface area contributed by atoms with E-state index in [2.05, 4.69) is 5.32 Å². The number of carbonyl (C=O) groups is 1. The van der Waals surface area contributed by atoms with Crippen LogP contribution in [0.4, 0.5) is 0 Å². The summed E-state index contributed by atoms with van der Waals surface area (Å²) in [6, 6.07) is 12.4. The number of nitrogens with zero attached hydrogens (tertiary/aromatic N) is 2. The van der Waals surface area contributed by atoms with Crippen molar-refractivity contribution in [2.45, 2.75) is 44.7 Å². The van der Waals surface area contributed by atoms with Gasteiger partial charge in [0.1, 0.15) is 5.56 Å². The fourth-order valence-corrected chi connectivity index (χ4v) is 4.66. The van der Waals surface area contributed by atoms with Gasteiger partial charge in [-0.3, -0.25) is 14.3 Å². The van der Waals surface area contributed by atoms with Gasteiger partial charge in [0, 0.05) is 22.3 Å². The second-order valence-electron chi connectivity index (χ2n) is 7.75. The average Bonchev–Trinajstić information content (AvgIpc) is 3.06. The van der Waals surface area contributed by atoms with Gasteiger partial charge in [0.05, 0.1) is 17.3 Å². The van der Waals surface area contributed by atoms with Crippen LogP contribution in [0.15, 0.2) is 53.5 Å². The van der Waals surface area contributed by atoms with Gasteiger partial charge in [0.15, 0.2) is 0 Å². The maximum atomic E-state index is 13.3. The molecule has 1 aromatic heterocycles. The third-order valence-electron chi connectivity index (χ3n) is 5.57. The van der Waals surface area contributed by atoms with Gasteiger partial charge in [-0.2, -0.15) is 0 Å². The summed E-state index contributed by atoms with van der Waals surface area (Å²) in [5.41, 5.74) is 0.894. The molecule has 1 aliphatic rings. The van der Waals surface area contributed by atoms with Gasteiger partial charge in [0.2, 0.25) is 0 Å². The topological polar surface area (TPSA) is 56.0 Å². The van der Waals surface area contributed by atoms with E-state index in [9.17, 15) is 9.59 Å². The lowest BCUT2D eigenvalue weighted by Crippen LogP contribution is -2.38. The first kappa shape index (κ1) is 22.0. The highest BCUT2D eigenvalue weighted by Crippen LogP contribution is 2.25. The van der Waals surface area contributed by atoms with Crippen molar-refractivity contribution in [2.75, 3.05) is 0 Å². The van der Waals surface area contributed by atoms with Crippen molar-refractivity contribution in [3.63, 3.8) is 0 Å². The molecule has 0 saturated heterocycles. The summed E-state index contributed by atoms with van der Waals surface area (Å²) in [6.07, 6.45) is 6.79. The SMILES string of the molecule is O=C(NC1CCCCC1)c1cn(Cc2ccccc2Cl)n(-c2ccc(Cl)cc2Cl)c1=O. The fraction of sp³-hybridized carbons (Fsp3) is 0.304. The number of rotatable bonds is 5. The Morgan fingerprint density at radius 2 is 1.74 bits per heavy atom. The number of hydrogen-bond donors (Lipinski definition) is 1. The highest BCUT2D eigenvalue weighted by molar-refractivity contribution is 6.35. The van der Waals surface area contributed by atoms with E-state index < -0.39 is 5.56 Å². The molecular formula is C23H22Cl3N3O2. The predicted molar refractivity (Wildman–Crippen MR) is 125 cm³/mol. The number of halogens is 3. The number of benzene rings is 2. The first-order valence-electron chi connectivity index (χ1n) is 10.3. The minimum atomic E-state index is -0.440. The molecule has 1 amide bonds. The number of carbonyl (C=O) groups excluding carboxylic acids is 1. The van der Waals surface area contributed by atoms with E-state index in [0.29, 0.717) is 27.3 Å². The number of nitrogens with one attached hydrogen (secondary N) is 1. The van der Waals surface area contributed by atoms with E-state index >= 15 is 0 Å². The molecule has 0 radical (unpaired) electrons. The van der Waals surface area contributed by atoms with E-state index in [-0.39, 0.29) is 17.5 Å². The van der Waals surface area contributed by atoms with E-state index in [0.717, 1.165) is 31.2 Å². The molecule has 8 heteroatoms. The van der Waals surface area contributed by atoms with Gasteiger partial charge in [-0.1, -0.05) is 72.3 Å². The minimum Gasteiger partial charge on any atom is -0.349 e. The summed E-state index contributed by atoms with van der Waals surface area (Å²) in [5.74, 6) is -0.367. The molecule has 1 heterocycles. The van der Waals surface area contributed by atoms with Crippen LogP contribution in [0.25, 0.3) is 5.69 Å². The molecule has 0 aliphatic heterocycles. The summed E-state index contributed by atoms with van der Waals surface area (Å²) < 4.78 is 3.06. The van der Waals surface area contributed by atoms with Crippen molar-refractivity contribution in [1.29, 1.82) is 0 Å². The van der Waals surface area contributed by atoms with Crippen molar-refractivity contribution in [3.05, 3.63) is 85.2 Å². The number of hydrogen-bond acceptors (Lipinski definition) is 2. The summed E-state index contributed by atoms with van der Waals surface area (Å²) in [5, 5.41) is 4.37. The van der Waals surface area contributed by atoms with Gasteiger partial charge >= 0.3 is 0 Å². The Labute approximate surface area is 195 Å². The van der Waals surface area contributed by atoms with Gasteiger partial charge in [-0.15, -0.1) is 0 Å². The largest absolute Gasteiger partial charge is 0.349 e. The summed E-state index contributed by atoms with van der Waals surface area (Å²) >= 11 is 18.8. The second kappa shape index (κ2) is 9.51. The molecule has 31 heavy (non-hydrogen) atoms. The maximum absolute atomic E-state index is 13.3. The second-order valence-corrected chi connectivity index (χ2v) is 9.00. The van der Waals surface area contributed by atoms with Crippen LogP contribution in [0.3, 0.4) is 0 Å². The quantitative estimate of drug-likeness (QED) is 0.510. The third-order valence-corrected chi connectivity index (χ3v) is 6.48. The number of amides is 1. The molecule has 5 nitrogen and oxygen atoms in total. The van der Waals surface area contributed by atoms with Crippen LogP contribution in [0.1, 0.15) is 48.0 Å². The predicted octanol–water partition coefficient (Wildman–Crippen LogP) is 5.71. The monoisotopic (exact) mass is 477 g/mol. The van der Waals surface area contributed by atoms with Crippen molar-refractivity contribution >= 4 is 40.7 Å². The summed E-state index contributed by atoms with van der Waals surface area (Å²) in [4.78, 5) is 26.3. The molecule has 0 spiro atoms. The third kappa shape index (κ3) is 4.84. The van der Waals surface area contributed by atoms with Crippen LogP contribution < -0.4 is 10.9 Å². The first-order valence-corrected chi connectivity index (χ1v) is 11.4. The van der Waals surface area contributed by atoms with Crippen molar-refractivity contribution in [1.82, 2.24) is 14.7 Å². The highest BCUT2D eigenvalue weighted by atomic mass is 35.5. The van der Waals surface area contributed by atoms with E-state index in [1.807, 2.05) is 18.2 Å². The van der Waals surface area contributed by atoms with Crippen LogP contribution in [0.2, 0.25) is 15.1 Å². The molecule has 3 aromatic rings. The Hall–Kier alpha value is -2.21. The van der Waals surface area contributed by atoms with Crippen LogP contribution in [0.5, 0.6) is 0 Å². The van der Waals surface area contributed by atoms with Crippen LogP contribution >= 0.6 is 34.8 Å². The van der Waals surface area contributed by atoms with Gasteiger partial charge in [0.25, 0.3) is 11.5 Å². The van der Waals surface area contributed by atoms with Crippen LogP contribution in [-0.4, -0.2) is 21.3 Å². The van der Waals surface area contributed by atoms with Crippen LogP contribution in [0, 0.1) is 0 Å². The Balaban J connectivity index is 1.76. The Morgan fingerprint density at radius 1 is 1.00 bits per heavy atom. The van der Waals surface area contributed by atoms with Gasteiger partial charge in [-0.05, 0) is 42.7 Å². The standard InChI is InChI=1S/C23H22Cl3N3O2/c24-16-10-11-21(20(26)12-16)29-23(31)18(22(30)27-17-7-2-1-3-8-17)14-28(29)13-15-6-4-5-9-19(15)25/h4-6,9-12,14,17H,1-3,7-8,13H2,(H,27,30). The molecule has 1 fully saturated rings. The fourth-order valence-electron chi connectivity index (χ4n) is 3.98. The van der Waals surface area contributed by atoms with Gasteiger partial charge in [-0.25, -0.2) is 4.68 Å². The zero-order valence-electron chi connectivity index (χ0n) is 16.8. The molecule has 0 unspecified atom stereocenters. The smallest absolute Gasteiger partial charge is 0.284 e. The van der Waals surface area contributed by atoms with Crippen molar-refractivity contribution in [3.8, 4) is 5.69 Å². The molecule has 162 valence electrons. The van der Waals surface area contributed by atoms with E-state index in [1.54, 1.807) is 35.1 Å². The zero-order valence-corrected chi connectivity index (χ0v) is 19.1. The summed E-state index contributed by atoms with van der Waals surface area (Å²) in [7, 11) is 0. The van der Waals surface area contributed by atoms with Crippen molar-refractivity contribution in [2.24, 2.45) is 0 Å². The Kier molecular flexibility index (Phi) is 6.75. The maximum Gasteiger partial charge on any atom is 0.284 e. The lowest BCUT2D eigenvalue weighted by Gasteiger charge is -2.22. The Bertz CT molecular complexity index is 1160. The lowest BCUT2D eigenvalue weighted by molar-refractivity contribution is 0.0926. The molecule has 1 aliphatic carbocycles. The van der Waals surface area contributed by atoms with Crippen LogP contribution in [-0.2, 0) is 6.54 Å². The number of aromatic nitrogens is 2. The first-order chi connectivity index (χ1) is 14.9. The molecule has 0 bridgehead atoms. The lowest BCUT2D eigenvalue weighted by atomic mass is 9.95. The van der Waals surface area contributed by atoms with E-state index in [4.69, 9.17) is 34.8 Å². The average molecular weight is 479 g/mol. The molecule has 2 aromatic carbocycles. The minimum absolute atomic E-state index is 0.0728. The van der Waals surface area contributed by atoms with E-state index in [1.165, 1.54) is 11.1 Å². The highest BCUT2D eigenvalue weighted by Gasteiger charge is 2.23. The summed E-state index contributed by atoms with van der Waals surface area (Å²) in [6.45, 7) is 0.296. The molecule has 0 atom stereocenters. The zero-order chi connectivity index (χ0) is 22.0. The molecule has 4 rings (SSSR count). The molecular weight excluding hydrogens is 457 g/mol. The normalized spacial score (nSPS) is 14.5. The Morgan fingerprint density at radius 3 is 2.45 bits per heavy atom.